The van der Waals surface area contributed by atoms with E-state index in [0.717, 1.165) is 30.8 Å². The number of halogens is 1. The van der Waals surface area contributed by atoms with Gasteiger partial charge >= 0.3 is 0 Å². The van der Waals surface area contributed by atoms with Crippen LogP contribution in [-0.4, -0.2) is 4.98 Å². The second-order valence-corrected chi connectivity index (χ2v) is 4.93. The summed E-state index contributed by atoms with van der Waals surface area (Å²) in [4.78, 5) is 4.55. The van der Waals surface area contributed by atoms with Crippen LogP contribution in [0.25, 0.3) is 0 Å². The lowest BCUT2D eigenvalue weighted by molar-refractivity contribution is 0.612. The van der Waals surface area contributed by atoms with Crippen LogP contribution < -0.4 is 5.32 Å². The first kappa shape index (κ1) is 12.6. The van der Waals surface area contributed by atoms with Gasteiger partial charge in [-0.05, 0) is 43.0 Å². The topological polar surface area (TPSA) is 48.7 Å². The Bertz CT molecular complexity index is 689. The van der Waals surface area contributed by atoms with Crippen molar-refractivity contribution in [3.8, 4) is 6.07 Å². The molecular weight excluding hydrogens is 253 g/mol. The highest BCUT2D eigenvalue weighted by atomic mass is 19.1. The summed E-state index contributed by atoms with van der Waals surface area (Å²) in [5, 5.41) is 11.8. The smallest absolute Gasteiger partial charge is 0.129 e. The number of aryl methyl sites for hydroxylation is 2. The van der Waals surface area contributed by atoms with Crippen molar-refractivity contribution in [2.75, 3.05) is 5.32 Å². The van der Waals surface area contributed by atoms with Gasteiger partial charge < -0.3 is 5.32 Å². The lowest BCUT2D eigenvalue weighted by atomic mass is 10.1. The summed E-state index contributed by atoms with van der Waals surface area (Å²) in [7, 11) is 0. The Labute approximate surface area is 117 Å². The van der Waals surface area contributed by atoms with Crippen molar-refractivity contribution in [3.05, 3.63) is 58.5 Å². The Morgan fingerprint density at radius 3 is 2.95 bits per heavy atom. The Balaban J connectivity index is 1.72. The third-order valence-electron chi connectivity index (χ3n) is 3.57. The van der Waals surface area contributed by atoms with E-state index in [-0.39, 0.29) is 5.82 Å². The van der Waals surface area contributed by atoms with Crippen LogP contribution in [0.4, 0.5) is 10.2 Å². The zero-order valence-electron chi connectivity index (χ0n) is 11.0. The second-order valence-electron chi connectivity index (χ2n) is 4.93. The van der Waals surface area contributed by atoms with Crippen LogP contribution in [0.15, 0.2) is 30.3 Å². The van der Waals surface area contributed by atoms with E-state index in [1.165, 1.54) is 11.6 Å². The summed E-state index contributed by atoms with van der Waals surface area (Å²) in [6.07, 6.45) is 3.29. The third-order valence-corrected chi connectivity index (χ3v) is 3.57. The van der Waals surface area contributed by atoms with E-state index in [4.69, 9.17) is 5.26 Å². The monoisotopic (exact) mass is 267 g/mol. The molecule has 0 saturated heterocycles. The molecule has 0 atom stereocenters. The minimum Gasteiger partial charge on any atom is -0.366 e. The number of pyridine rings is 1. The van der Waals surface area contributed by atoms with E-state index >= 15 is 0 Å². The number of hydrogen-bond donors (Lipinski definition) is 1. The van der Waals surface area contributed by atoms with E-state index < -0.39 is 0 Å². The normalized spacial score (nSPS) is 12.8. The number of aromatic nitrogens is 1. The van der Waals surface area contributed by atoms with Crippen LogP contribution in [0.3, 0.4) is 0 Å². The van der Waals surface area contributed by atoms with Crippen molar-refractivity contribution in [2.24, 2.45) is 0 Å². The van der Waals surface area contributed by atoms with Gasteiger partial charge in [0.25, 0.3) is 0 Å². The minimum atomic E-state index is -0.363. The molecule has 3 nitrogen and oxygen atoms in total. The highest BCUT2D eigenvalue weighted by Gasteiger charge is 2.12. The Hall–Kier alpha value is -2.41. The van der Waals surface area contributed by atoms with Crippen molar-refractivity contribution in [1.82, 2.24) is 4.98 Å². The van der Waals surface area contributed by atoms with Gasteiger partial charge in [-0.1, -0.05) is 12.1 Å². The second kappa shape index (κ2) is 5.30. The number of hydrogen-bond acceptors (Lipinski definition) is 3. The van der Waals surface area contributed by atoms with Gasteiger partial charge in [-0.25, -0.2) is 9.37 Å². The molecule has 0 saturated carbocycles. The van der Waals surface area contributed by atoms with Crippen molar-refractivity contribution in [3.63, 3.8) is 0 Å². The van der Waals surface area contributed by atoms with Gasteiger partial charge in [-0.15, -0.1) is 0 Å². The van der Waals surface area contributed by atoms with Gasteiger partial charge in [0.1, 0.15) is 11.6 Å². The van der Waals surface area contributed by atoms with Gasteiger partial charge in [-0.3, -0.25) is 0 Å². The van der Waals surface area contributed by atoms with Gasteiger partial charge in [0.2, 0.25) is 0 Å². The highest BCUT2D eigenvalue weighted by molar-refractivity contribution is 5.42. The number of nitrogens with one attached hydrogen (secondary N) is 1. The SMILES string of the molecule is N#Cc1ccc(CNc2ccc3c(n2)CCC3)c(F)c1. The lowest BCUT2D eigenvalue weighted by Gasteiger charge is -2.08. The fourth-order valence-electron chi connectivity index (χ4n) is 2.47. The maximum absolute atomic E-state index is 13.7. The van der Waals surface area contributed by atoms with Gasteiger partial charge in [0, 0.05) is 17.8 Å². The van der Waals surface area contributed by atoms with Crippen molar-refractivity contribution in [1.29, 1.82) is 5.26 Å². The summed E-state index contributed by atoms with van der Waals surface area (Å²) in [6.45, 7) is 0.364. The van der Waals surface area contributed by atoms with Gasteiger partial charge in [-0.2, -0.15) is 5.26 Å². The minimum absolute atomic E-state index is 0.335. The predicted octanol–water partition coefficient (Wildman–Crippen LogP) is 3.19. The zero-order chi connectivity index (χ0) is 13.9. The third kappa shape index (κ3) is 2.48. The van der Waals surface area contributed by atoms with E-state index in [1.54, 1.807) is 12.1 Å². The molecule has 20 heavy (non-hydrogen) atoms. The molecule has 0 spiro atoms. The molecule has 1 heterocycles. The van der Waals surface area contributed by atoms with E-state index in [0.29, 0.717) is 17.7 Å². The summed E-state index contributed by atoms with van der Waals surface area (Å²) in [5.74, 6) is 0.409. The largest absolute Gasteiger partial charge is 0.366 e. The quantitative estimate of drug-likeness (QED) is 0.929. The molecule has 0 fully saturated rings. The Morgan fingerprint density at radius 2 is 2.15 bits per heavy atom. The fourth-order valence-corrected chi connectivity index (χ4v) is 2.47. The maximum Gasteiger partial charge on any atom is 0.129 e. The van der Waals surface area contributed by atoms with Crippen molar-refractivity contribution < 1.29 is 4.39 Å². The Morgan fingerprint density at radius 1 is 1.25 bits per heavy atom. The molecular formula is C16H14FN3. The van der Waals surface area contributed by atoms with E-state index in [2.05, 4.69) is 16.4 Å². The average Bonchev–Trinajstić information content (AvgIpc) is 2.93. The predicted molar refractivity (Wildman–Crippen MR) is 74.7 cm³/mol. The summed E-state index contributed by atoms with van der Waals surface area (Å²) < 4.78 is 13.7. The van der Waals surface area contributed by atoms with E-state index in [1.807, 2.05) is 12.1 Å². The first-order valence-electron chi connectivity index (χ1n) is 6.67. The van der Waals surface area contributed by atoms with Crippen LogP contribution in [0.1, 0.15) is 28.8 Å². The molecule has 0 unspecified atom stereocenters. The first-order chi connectivity index (χ1) is 9.76. The molecule has 0 aliphatic heterocycles. The molecule has 2 aromatic rings. The summed E-state index contributed by atoms with van der Waals surface area (Å²) >= 11 is 0. The van der Waals surface area contributed by atoms with Crippen LogP contribution in [0.2, 0.25) is 0 Å². The van der Waals surface area contributed by atoms with Crippen LogP contribution in [0, 0.1) is 17.1 Å². The fraction of sp³-hybridized carbons (Fsp3) is 0.250. The summed E-state index contributed by atoms with van der Waals surface area (Å²) in [6, 6.07) is 10.5. The van der Waals surface area contributed by atoms with Crippen LogP contribution in [0.5, 0.6) is 0 Å². The number of nitrogens with zero attached hydrogens (tertiary/aromatic N) is 2. The molecule has 1 aliphatic rings. The molecule has 0 amide bonds. The number of rotatable bonds is 3. The van der Waals surface area contributed by atoms with Crippen LogP contribution in [-0.2, 0) is 19.4 Å². The van der Waals surface area contributed by atoms with E-state index in [9.17, 15) is 4.39 Å². The number of benzene rings is 1. The van der Waals surface area contributed by atoms with Gasteiger partial charge in [0.15, 0.2) is 0 Å². The molecule has 1 aromatic carbocycles. The zero-order valence-corrected chi connectivity index (χ0v) is 11.0. The molecule has 3 rings (SSSR count). The molecule has 0 radical (unpaired) electrons. The first-order valence-corrected chi connectivity index (χ1v) is 6.67. The molecule has 1 aliphatic carbocycles. The standard InChI is InChI=1S/C16H14FN3/c17-14-8-11(9-18)4-5-13(14)10-19-16-7-6-12-2-1-3-15(12)20-16/h4-8H,1-3,10H2,(H,19,20). The Kier molecular flexibility index (Phi) is 3.34. The lowest BCUT2D eigenvalue weighted by Crippen LogP contribution is -2.04. The van der Waals surface area contributed by atoms with Crippen molar-refractivity contribution in [2.45, 2.75) is 25.8 Å². The summed E-state index contributed by atoms with van der Waals surface area (Å²) in [5.41, 5.74) is 3.34. The number of anilines is 1. The number of fused-ring (bicyclic) bond motifs is 1. The van der Waals surface area contributed by atoms with Gasteiger partial charge in [0.05, 0.1) is 11.6 Å². The maximum atomic E-state index is 13.7. The van der Waals surface area contributed by atoms with Crippen LogP contribution >= 0.6 is 0 Å². The molecule has 4 heteroatoms. The highest BCUT2D eigenvalue weighted by Crippen LogP contribution is 2.22. The molecule has 100 valence electrons. The average molecular weight is 267 g/mol. The van der Waals surface area contributed by atoms with Crippen molar-refractivity contribution >= 4 is 5.82 Å². The molecule has 0 bridgehead atoms. The number of nitriles is 1. The molecule has 1 N–H and O–H groups in total. The molecule has 1 aromatic heterocycles.